The molecule has 0 rings (SSSR count). The molecule has 0 aromatic rings. The predicted octanol–water partition coefficient (Wildman–Crippen LogP) is 3.62. The average Bonchev–Trinajstić information content (AvgIpc) is 2.00. The van der Waals surface area contributed by atoms with Gasteiger partial charge in [0.15, 0.2) is 0 Å². The molecule has 0 saturated heterocycles. The molecule has 0 aliphatic rings. The Kier molecular flexibility index (Phi) is 6.26. The first-order chi connectivity index (χ1) is 6.42. The van der Waals surface area contributed by atoms with Crippen LogP contribution in [0.25, 0.3) is 0 Å². The molecule has 0 radical (unpaired) electrons. The molecule has 0 aromatic carbocycles. The molecule has 0 spiro atoms. The number of carboxylic acid groups (broad SMARTS) is 1. The zero-order valence-electron chi connectivity index (χ0n) is 9.55. The van der Waals surface area contributed by atoms with Crippen LogP contribution < -0.4 is 0 Å². The average molecular weight is 198 g/mol. The Balaban J connectivity index is 3.32. The maximum absolute atomic E-state index is 10.2. The van der Waals surface area contributed by atoms with Gasteiger partial charge in [0, 0.05) is 6.42 Å². The summed E-state index contributed by atoms with van der Waals surface area (Å²) in [7, 11) is 0. The second-order valence-electron chi connectivity index (χ2n) is 4.88. The minimum Gasteiger partial charge on any atom is -0.481 e. The fraction of sp³-hybridized carbons (Fsp3) is 0.750. The highest BCUT2D eigenvalue weighted by molar-refractivity contribution is 5.66. The third-order valence-electron chi connectivity index (χ3n) is 1.91. The second-order valence-corrected chi connectivity index (χ2v) is 4.88. The van der Waals surface area contributed by atoms with Gasteiger partial charge in [-0.15, -0.1) is 0 Å². The quantitative estimate of drug-likeness (QED) is 0.522. The molecule has 0 fully saturated rings. The summed E-state index contributed by atoms with van der Waals surface area (Å²) in [5, 5.41) is 8.40. The Morgan fingerprint density at radius 2 is 1.86 bits per heavy atom. The van der Waals surface area contributed by atoms with Crippen LogP contribution in [0.4, 0.5) is 0 Å². The number of carboxylic acids is 1. The summed E-state index contributed by atoms with van der Waals surface area (Å²) in [5.41, 5.74) is 0.359. The number of carbonyl (C=O) groups is 1. The van der Waals surface area contributed by atoms with Gasteiger partial charge < -0.3 is 5.11 Å². The zero-order valence-corrected chi connectivity index (χ0v) is 9.55. The molecule has 0 bridgehead atoms. The van der Waals surface area contributed by atoms with Crippen molar-refractivity contribution >= 4 is 5.97 Å². The van der Waals surface area contributed by atoms with Crippen molar-refractivity contribution in [2.24, 2.45) is 5.41 Å². The van der Waals surface area contributed by atoms with Crippen LogP contribution in [0, 0.1) is 5.41 Å². The monoisotopic (exact) mass is 198 g/mol. The number of rotatable bonds is 6. The van der Waals surface area contributed by atoms with Crippen LogP contribution in [0.1, 0.15) is 52.9 Å². The summed E-state index contributed by atoms with van der Waals surface area (Å²) >= 11 is 0. The molecule has 2 heteroatoms. The highest BCUT2D eigenvalue weighted by atomic mass is 16.4. The molecule has 0 aromatic heterocycles. The Labute approximate surface area is 87.0 Å². The van der Waals surface area contributed by atoms with Gasteiger partial charge in [0.05, 0.1) is 0 Å². The number of aliphatic carboxylic acids is 1. The van der Waals surface area contributed by atoms with Crippen LogP contribution >= 0.6 is 0 Å². The van der Waals surface area contributed by atoms with Gasteiger partial charge in [-0.05, 0) is 31.1 Å². The first-order valence-corrected chi connectivity index (χ1v) is 5.28. The fourth-order valence-electron chi connectivity index (χ4n) is 1.09. The Bertz CT molecular complexity index is 187. The standard InChI is InChI=1S/C12H22O2/c1-12(2,3)10-8-6-4-5-7-9-11(13)14/h6,8H,4-5,7,9-10H2,1-3H3,(H,13,14)/b8-6-. The highest BCUT2D eigenvalue weighted by Crippen LogP contribution is 2.18. The molecular weight excluding hydrogens is 176 g/mol. The van der Waals surface area contributed by atoms with E-state index in [9.17, 15) is 4.79 Å². The summed E-state index contributed by atoms with van der Waals surface area (Å²) < 4.78 is 0. The van der Waals surface area contributed by atoms with Gasteiger partial charge in [-0.3, -0.25) is 4.79 Å². The van der Waals surface area contributed by atoms with E-state index in [1.165, 1.54) is 0 Å². The summed E-state index contributed by atoms with van der Waals surface area (Å²) in [4.78, 5) is 10.2. The number of unbranched alkanes of at least 4 members (excludes halogenated alkanes) is 2. The van der Waals surface area contributed by atoms with Crippen molar-refractivity contribution in [3.8, 4) is 0 Å². The van der Waals surface area contributed by atoms with Crippen LogP contribution in [0.5, 0.6) is 0 Å². The molecule has 0 aliphatic carbocycles. The van der Waals surface area contributed by atoms with Crippen LogP contribution in [0.15, 0.2) is 12.2 Å². The number of hydrogen-bond acceptors (Lipinski definition) is 1. The molecule has 0 saturated carbocycles. The van der Waals surface area contributed by atoms with Gasteiger partial charge >= 0.3 is 5.97 Å². The SMILES string of the molecule is CC(C)(C)C/C=C\CCCCC(=O)O. The molecule has 2 nitrogen and oxygen atoms in total. The topological polar surface area (TPSA) is 37.3 Å². The molecule has 14 heavy (non-hydrogen) atoms. The third kappa shape index (κ3) is 11.2. The van der Waals surface area contributed by atoms with Crippen molar-refractivity contribution in [2.45, 2.75) is 52.9 Å². The molecule has 0 heterocycles. The molecule has 1 N–H and O–H groups in total. The zero-order chi connectivity index (χ0) is 11.0. The lowest BCUT2D eigenvalue weighted by Gasteiger charge is -2.14. The maximum atomic E-state index is 10.2. The molecule has 0 unspecified atom stereocenters. The summed E-state index contributed by atoms with van der Waals surface area (Å²) in [6.45, 7) is 6.63. The van der Waals surface area contributed by atoms with Crippen molar-refractivity contribution in [3.05, 3.63) is 12.2 Å². The first kappa shape index (κ1) is 13.2. The van der Waals surface area contributed by atoms with Crippen molar-refractivity contribution in [1.29, 1.82) is 0 Å². The van der Waals surface area contributed by atoms with E-state index in [2.05, 4.69) is 32.9 Å². The minimum absolute atomic E-state index is 0.299. The van der Waals surface area contributed by atoms with Gasteiger partial charge in [0.2, 0.25) is 0 Å². The molecule has 0 amide bonds. The first-order valence-electron chi connectivity index (χ1n) is 5.28. The van der Waals surface area contributed by atoms with Gasteiger partial charge in [-0.2, -0.15) is 0 Å². The van der Waals surface area contributed by atoms with Crippen LogP contribution in [0.2, 0.25) is 0 Å². The summed E-state index contributed by atoms with van der Waals surface area (Å²) in [5.74, 6) is -0.691. The van der Waals surface area contributed by atoms with Crippen molar-refractivity contribution < 1.29 is 9.90 Å². The van der Waals surface area contributed by atoms with E-state index >= 15 is 0 Å². The molecule has 0 aliphatic heterocycles. The van der Waals surface area contributed by atoms with Gasteiger partial charge in [-0.1, -0.05) is 32.9 Å². The predicted molar refractivity (Wildman–Crippen MR) is 59.3 cm³/mol. The summed E-state index contributed by atoms with van der Waals surface area (Å²) in [6, 6.07) is 0. The van der Waals surface area contributed by atoms with E-state index in [4.69, 9.17) is 5.11 Å². The van der Waals surface area contributed by atoms with E-state index in [1.807, 2.05) is 0 Å². The Morgan fingerprint density at radius 1 is 1.21 bits per heavy atom. The smallest absolute Gasteiger partial charge is 0.303 e. The molecule has 82 valence electrons. The van der Waals surface area contributed by atoms with Crippen molar-refractivity contribution in [1.82, 2.24) is 0 Å². The number of allylic oxidation sites excluding steroid dienone is 2. The van der Waals surface area contributed by atoms with E-state index in [0.717, 1.165) is 25.7 Å². The van der Waals surface area contributed by atoms with Crippen molar-refractivity contribution in [2.75, 3.05) is 0 Å². The minimum atomic E-state index is -0.691. The van der Waals surface area contributed by atoms with Crippen LogP contribution in [-0.2, 0) is 4.79 Å². The molecular formula is C12H22O2. The van der Waals surface area contributed by atoms with Crippen LogP contribution in [0.3, 0.4) is 0 Å². The van der Waals surface area contributed by atoms with E-state index in [-0.39, 0.29) is 0 Å². The van der Waals surface area contributed by atoms with E-state index in [1.54, 1.807) is 0 Å². The molecule has 0 atom stereocenters. The van der Waals surface area contributed by atoms with Gasteiger partial charge in [-0.25, -0.2) is 0 Å². The van der Waals surface area contributed by atoms with E-state index in [0.29, 0.717) is 11.8 Å². The van der Waals surface area contributed by atoms with Gasteiger partial charge in [0.1, 0.15) is 0 Å². The lowest BCUT2D eigenvalue weighted by Crippen LogP contribution is -2.01. The lowest BCUT2D eigenvalue weighted by molar-refractivity contribution is -0.137. The fourth-order valence-corrected chi connectivity index (χ4v) is 1.09. The van der Waals surface area contributed by atoms with Crippen LogP contribution in [-0.4, -0.2) is 11.1 Å². The lowest BCUT2D eigenvalue weighted by atomic mass is 9.92. The maximum Gasteiger partial charge on any atom is 0.303 e. The Hall–Kier alpha value is -0.790. The third-order valence-corrected chi connectivity index (χ3v) is 1.91. The Morgan fingerprint density at radius 3 is 2.36 bits per heavy atom. The van der Waals surface area contributed by atoms with Crippen molar-refractivity contribution in [3.63, 3.8) is 0 Å². The normalized spacial score (nSPS) is 12.2. The van der Waals surface area contributed by atoms with Gasteiger partial charge in [0.25, 0.3) is 0 Å². The van der Waals surface area contributed by atoms with E-state index < -0.39 is 5.97 Å². The largest absolute Gasteiger partial charge is 0.481 e. The highest BCUT2D eigenvalue weighted by Gasteiger charge is 2.05. The second kappa shape index (κ2) is 6.63. The summed E-state index contributed by atoms with van der Waals surface area (Å²) in [6.07, 6.45) is 8.51. The number of hydrogen-bond donors (Lipinski definition) is 1.